The second-order valence-electron chi connectivity index (χ2n) is 6.88. The van der Waals surface area contributed by atoms with Crippen molar-refractivity contribution in [1.29, 1.82) is 0 Å². The number of aryl methyl sites for hydroxylation is 1. The average molecular weight is 370 g/mol. The van der Waals surface area contributed by atoms with Crippen molar-refractivity contribution >= 4 is 28.5 Å². The quantitative estimate of drug-likeness (QED) is 0.488. The van der Waals surface area contributed by atoms with Crippen molar-refractivity contribution in [2.75, 3.05) is 11.9 Å². The first-order valence-electron chi connectivity index (χ1n) is 9.16. The van der Waals surface area contributed by atoms with Crippen LogP contribution >= 0.6 is 0 Å². The van der Waals surface area contributed by atoms with E-state index in [-0.39, 0.29) is 5.88 Å². The normalized spacial score (nSPS) is 11.4. The molecule has 2 N–H and O–H groups in total. The number of pyridine rings is 1. The molecule has 0 fully saturated rings. The van der Waals surface area contributed by atoms with Crippen molar-refractivity contribution in [3.05, 3.63) is 83.7 Å². The van der Waals surface area contributed by atoms with Crippen LogP contribution in [-0.2, 0) is 6.54 Å². The standard InChI is InChI=1S/C23H22N4O/c1-16-5-3-7-21-22(16)20(23(28)26-21)14-25-18-8-10-19(11-9-18)27(2)15-17-6-4-12-24-13-17/h3-14,26,28H,15H2,1-2H3. The third-order valence-electron chi connectivity index (χ3n) is 4.83. The van der Waals surface area contributed by atoms with Gasteiger partial charge in [-0.15, -0.1) is 0 Å². The Balaban J connectivity index is 1.53. The minimum Gasteiger partial charge on any atom is -0.494 e. The molecule has 28 heavy (non-hydrogen) atoms. The maximum Gasteiger partial charge on any atom is 0.198 e. The number of aliphatic imine (C=N–C) groups is 1. The van der Waals surface area contributed by atoms with E-state index in [9.17, 15) is 5.11 Å². The molecule has 0 saturated carbocycles. The number of H-pyrrole nitrogens is 1. The first-order chi connectivity index (χ1) is 13.6. The van der Waals surface area contributed by atoms with Crippen LogP contribution in [0.2, 0.25) is 0 Å². The van der Waals surface area contributed by atoms with Crippen LogP contribution < -0.4 is 4.90 Å². The molecule has 2 heterocycles. The van der Waals surface area contributed by atoms with Crippen molar-refractivity contribution in [2.45, 2.75) is 13.5 Å². The van der Waals surface area contributed by atoms with Crippen molar-refractivity contribution in [3.8, 4) is 5.88 Å². The molecule has 0 atom stereocenters. The number of hydrogen-bond acceptors (Lipinski definition) is 4. The summed E-state index contributed by atoms with van der Waals surface area (Å²) in [4.78, 5) is 13.9. The van der Waals surface area contributed by atoms with Crippen LogP contribution in [-0.4, -0.2) is 28.3 Å². The van der Waals surface area contributed by atoms with Gasteiger partial charge < -0.3 is 15.0 Å². The van der Waals surface area contributed by atoms with Crippen molar-refractivity contribution in [2.24, 2.45) is 4.99 Å². The fraction of sp³-hybridized carbons (Fsp3) is 0.130. The average Bonchev–Trinajstić information content (AvgIpc) is 3.04. The molecule has 0 spiro atoms. The lowest BCUT2D eigenvalue weighted by atomic mass is 10.1. The molecule has 0 bridgehead atoms. The van der Waals surface area contributed by atoms with E-state index in [0.717, 1.165) is 39.9 Å². The molecule has 140 valence electrons. The van der Waals surface area contributed by atoms with Gasteiger partial charge in [0.15, 0.2) is 5.88 Å². The highest BCUT2D eigenvalue weighted by Gasteiger charge is 2.10. The molecule has 5 heteroatoms. The van der Waals surface area contributed by atoms with E-state index in [2.05, 4.69) is 33.0 Å². The van der Waals surface area contributed by atoms with Gasteiger partial charge in [-0.2, -0.15) is 0 Å². The van der Waals surface area contributed by atoms with Gasteiger partial charge in [0.1, 0.15) is 0 Å². The third-order valence-corrected chi connectivity index (χ3v) is 4.83. The summed E-state index contributed by atoms with van der Waals surface area (Å²) in [5.74, 6) is 0.140. The summed E-state index contributed by atoms with van der Waals surface area (Å²) in [6.07, 6.45) is 5.38. The van der Waals surface area contributed by atoms with E-state index >= 15 is 0 Å². The number of rotatable bonds is 5. The van der Waals surface area contributed by atoms with Gasteiger partial charge in [0.05, 0.1) is 11.3 Å². The summed E-state index contributed by atoms with van der Waals surface area (Å²) in [5.41, 5.74) is 5.83. The van der Waals surface area contributed by atoms with Crippen LogP contribution in [0, 0.1) is 6.92 Å². The van der Waals surface area contributed by atoms with Gasteiger partial charge in [-0.3, -0.25) is 9.98 Å². The number of fused-ring (bicyclic) bond motifs is 1. The van der Waals surface area contributed by atoms with Crippen molar-refractivity contribution in [1.82, 2.24) is 9.97 Å². The molecule has 0 radical (unpaired) electrons. The number of anilines is 1. The van der Waals surface area contributed by atoms with E-state index in [1.54, 1.807) is 12.4 Å². The monoisotopic (exact) mass is 370 g/mol. The number of aromatic amines is 1. The maximum absolute atomic E-state index is 10.2. The number of benzene rings is 2. The molecular formula is C23H22N4O. The fourth-order valence-electron chi connectivity index (χ4n) is 3.36. The largest absolute Gasteiger partial charge is 0.494 e. The zero-order chi connectivity index (χ0) is 19.5. The van der Waals surface area contributed by atoms with Gasteiger partial charge in [0.2, 0.25) is 0 Å². The molecule has 0 amide bonds. The molecule has 4 rings (SSSR count). The summed E-state index contributed by atoms with van der Waals surface area (Å²) in [5, 5.41) is 11.2. The summed E-state index contributed by atoms with van der Waals surface area (Å²) >= 11 is 0. The SMILES string of the molecule is Cc1cccc2[nH]c(O)c(C=Nc3ccc(N(C)Cc4cccnc4)cc3)c12. The molecule has 2 aromatic heterocycles. The lowest BCUT2D eigenvalue weighted by Crippen LogP contribution is -2.16. The Morgan fingerprint density at radius 3 is 2.68 bits per heavy atom. The lowest BCUT2D eigenvalue weighted by Gasteiger charge is -2.19. The minimum absolute atomic E-state index is 0.140. The van der Waals surface area contributed by atoms with Gasteiger partial charge >= 0.3 is 0 Å². The summed E-state index contributed by atoms with van der Waals surface area (Å²) in [6, 6.07) is 18.0. The number of hydrogen-bond donors (Lipinski definition) is 2. The van der Waals surface area contributed by atoms with Crippen LogP contribution in [0.25, 0.3) is 10.9 Å². The summed E-state index contributed by atoms with van der Waals surface area (Å²) in [6.45, 7) is 2.82. The highest BCUT2D eigenvalue weighted by atomic mass is 16.3. The Bertz CT molecular complexity index is 1110. The summed E-state index contributed by atoms with van der Waals surface area (Å²) in [7, 11) is 2.05. The Labute approximate surface area is 164 Å². The molecule has 0 saturated heterocycles. The minimum atomic E-state index is 0.140. The molecule has 5 nitrogen and oxygen atoms in total. The number of aromatic nitrogens is 2. The predicted molar refractivity (Wildman–Crippen MR) is 115 cm³/mol. The Hall–Kier alpha value is -3.60. The highest BCUT2D eigenvalue weighted by molar-refractivity contribution is 6.04. The smallest absolute Gasteiger partial charge is 0.198 e. The number of aromatic hydroxyl groups is 1. The van der Waals surface area contributed by atoms with Gasteiger partial charge in [-0.25, -0.2) is 0 Å². The highest BCUT2D eigenvalue weighted by Crippen LogP contribution is 2.29. The molecule has 0 aliphatic heterocycles. The van der Waals surface area contributed by atoms with Gasteiger partial charge in [0.25, 0.3) is 0 Å². The van der Waals surface area contributed by atoms with Gasteiger partial charge in [-0.05, 0) is 54.4 Å². The van der Waals surface area contributed by atoms with Crippen LogP contribution in [0.4, 0.5) is 11.4 Å². The zero-order valence-corrected chi connectivity index (χ0v) is 15.9. The van der Waals surface area contributed by atoms with Crippen LogP contribution in [0.1, 0.15) is 16.7 Å². The van der Waals surface area contributed by atoms with Crippen LogP contribution in [0.5, 0.6) is 5.88 Å². The molecule has 4 aromatic rings. The topological polar surface area (TPSA) is 64.5 Å². The first kappa shape index (κ1) is 17.8. The van der Waals surface area contributed by atoms with Gasteiger partial charge in [0, 0.05) is 48.8 Å². The van der Waals surface area contributed by atoms with Gasteiger partial charge in [-0.1, -0.05) is 18.2 Å². The Morgan fingerprint density at radius 2 is 1.93 bits per heavy atom. The predicted octanol–water partition coefficient (Wildman–Crippen LogP) is 4.96. The fourth-order valence-corrected chi connectivity index (χ4v) is 3.36. The van der Waals surface area contributed by atoms with E-state index in [1.807, 2.05) is 61.7 Å². The Morgan fingerprint density at radius 1 is 1.11 bits per heavy atom. The van der Waals surface area contributed by atoms with E-state index < -0.39 is 0 Å². The van der Waals surface area contributed by atoms with E-state index in [4.69, 9.17) is 0 Å². The van der Waals surface area contributed by atoms with Crippen molar-refractivity contribution < 1.29 is 5.11 Å². The third kappa shape index (κ3) is 3.60. The molecule has 0 unspecified atom stereocenters. The number of nitrogens with zero attached hydrogens (tertiary/aromatic N) is 3. The van der Waals surface area contributed by atoms with E-state index in [0.29, 0.717) is 5.56 Å². The van der Waals surface area contributed by atoms with Crippen LogP contribution in [0.3, 0.4) is 0 Å². The number of nitrogens with one attached hydrogen (secondary N) is 1. The molecule has 0 aliphatic rings. The zero-order valence-electron chi connectivity index (χ0n) is 15.9. The molecule has 0 aliphatic carbocycles. The lowest BCUT2D eigenvalue weighted by molar-refractivity contribution is 0.457. The van der Waals surface area contributed by atoms with E-state index in [1.165, 1.54) is 0 Å². The van der Waals surface area contributed by atoms with Crippen molar-refractivity contribution in [3.63, 3.8) is 0 Å². The summed E-state index contributed by atoms with van der Waals surface area (Å²) < 4.78 is 0. The molecular weight excluding hydrogens is 348 g/mol. The second kappa shape index (κ2) is 7.56. The van der Waals surface area contributed by atoms with Crippen LogP contribution in [0.15, 0.2) is 72.0 Å². The molecule has 2 aromatic carbocycles. The maximum atomic E-state index is 10.2. The second-order valence-corrected chi connectivity index (χ2v) is 6.88. The first-order valence-corrected chi connectivity index (χ1v) is 9.16. The Kier molecular flexibility index (Phi) is 4.81.